The molecule has 0 fully saturated rings. The normalized spacial score (nSPS) is 11.2. The third kappa shape index (κ3) is 5.39. The largest absolute Gasteiger partial charge is 0.497 e. The van der Waals surface area contributed by atoms with Gasteiger partial charge in [0.2, 0.25) is 5.95 Å². The van der Waals surface area contributed by atoms with Crippen molar-refractivity contribution in [3.05, 3.63) is 84.8 Å². The Bertz CT molecular complexity index is 1100. The summed E-state index contributed by atoms with van der Waals surface area (Å²) in [6.07, 6.45) is 5.77. The molecule has 9 heteroatoms. The fourth-order valence-corrected chi connectivity index (χ4v) is 3.28. The number of hydrogen-bond donors (Lipinski definition) is 2. The fraction of sp³-hybridized carbons (Fsp3) is 0.0500. The number of nitrogens with zero attached hydrogens (tertiary/aromatic N) is 2. The number of anilines is 2. The molecule has 148 valence electrons. The van der Waals surface area contributed by atoms with Crippen LogP contribution in [-0.4, -0.2) is 31.3 Å². The first-order valence-electron chi connectivity index (χ1n) is 8.49. The number of benzene rings is 2. The molecule has 0 saturated heterocycles. The van der Waals surface area contributed by atoms with Crippen molar-refractivity contribution in [2.75, 3.05) is 17.1 Å². The third-order valence-electron chi connectivity index (χ3n) is 3.82. The van der Waals surface area contributed by atoms with E-state index < -0.39 is 10.0 Å². The number of allylic oxidation sites excluding steroid dienone is 1. The Morgan fingerprint density at radius 3 is 2.28 bits per heavy atom. The van der Waals surface area contributed by atoms with E-state index in [0.717, 1.165) is 0 Å². The molecular formula is C20H18N4O4S. The molecule has 2 N–H and O–H groups in total. The van der Waals surface area contributed by atoms with Crippen LogP contribution in [0.5, 0.6) is 5.75 Å². The highest BCUT2D eigenvalue weighted by molar-refractivity contribution is 7.92. The molecule has 1 heterocycles. The van der Waals surface area contributed by atoms with E-state index in [0.29, 0.717) is 17.0 Å². The molecule has 0 atom stereocenters. The van der Waals surface area contributed by atoms with E-state index in [2.05, 4.69) is 20.0 Å². The van der Waals surface area contributed by atoms with Gasteiger partial charge in [0.25, 0.3) is 10.0 Å². The van der Waals surface area contributed by atoms with E-state index >= 15 is 0 Å². The van der Waals surface area contributed by atoms with Gasteiger partial charge in [-0.2, -0.15) is 0 Å². The van der Waals surface area contributed by atoms with Gasteiger partial charge >= 0.3 is 0 Å². The number of carbonyl (C=O) groups is 1. The average Bonchev–Trinajstić information content (AvgIpc) is 2.74. The summed E-state index contributed by atoms with van der Waals surface area (Å²) < 4.78 is 32.0. The van der Waals surface area contributed by atoms with Crippen molar-refractivity contribution in [2.45, 2.75) is 4.90 Å². The van der Waals surface area contributed by atoms with E-state index in [9.17, 15) is 13.2 Å². The van der Waals surface area contributed by atoms with E-state index in [4.69, 9.17) is 4.74 Å². The molecule has 2 aromatic carbocycles. The Morgan fingerprint density at radius 1 is 1.00 bits per heavy atom. The SMILES string of the molecule is COc1ccc(C(=O)/C=C/Nc2ccc(S(=O)(=O)Nc3ncccn3)cc2)cc1. The lowest BCUT2D eigenvalue weighted by Crippen LogP contribution is -2.14. The van der Waals surface area contributed by atoms with Crippen molar-refractivity contribution in [3.8, 4) is 5.75 Å². The number of rotatable bonds is 8. The van der Waals surface area contributed by atoms with Crippen LogP contribution in [-0.2, 0) is 10.0 Å². The topological polar surface area (TPSA) is 110 Å². The molecule has 0 aliphatic carbocycles. The molecular weight excluding hydrogens is 392 g/mol. The monoisotopic (exact) mass is 410 g/mol. The molecule has 0 unspecified atom stereocenters. The number of ether oxygens (including phenoxy) is 1. The minimum atomic E-state index is -3.79. The molecule has 0 spiro atoms. The van der Waals surface area contributed by atoms with Gasteiger partial charge in [-0.05, 0) is 54.6 Å². The van der Waals surface area contributed by atoms with Crippen molar-refractivity contribution in [3.63, 3.8) is 0 Å². The number of nitrogens with one attached hydrogen (secondary N) is 2. The number of sulfonamides is 1. The Balaban J connectivity index is 1.61. The first kappa shape index (κ1) is 20.0. The molecule has 0 aliphatic heterocycles. The summed E-state index contributed by atoms with van der Waals surface area (Å²) in [5.74, 6) is 0.494. The second kappa shape index (κ2) is 8.98. The summed E-state index contributed by atoms with van der Waals surface area (Å²) in [5, 5.41) is 2.93. The van der Waals surface area contributed by atoms with E-state index in [-0.39, 0.29) is 16.6 Å². The van der Waals surface area contributed by atoms with Crippen molar-refractivity contribution >= 4 is 27.4 Å². The van der Waals surface area contributed by atoms with Crippen LogP contribution in [0, 0.1) is 0 Å². The lowest BCUT2D eigenvalue weighted by atomic mass is 10.1. The Kier molecular flexibility index (Phi) is 6.20. The van der Waals surface area contributed by atoms with E-state index in [1.54, 1.807) is 49.6 Å². The maximum Gasteiger partial charge on any atom is 0.264 e. The number of hydrogen-bond acceptors (Lipinski definition) is 7. The lowest BCUT2D eigenvalue weighted by Gasteiger charge is -2.07. The number of aromatic nitrogens is 2. The molecule has 0 amide bonds. The van der Waals surface area contributed by atoms with Gasteiger partial charge in [-0.3, -0.25) is 4.79 Å². The zero-order chi connectivity index (χ0) is 20.7. The van der Waals surface area contributed by atoms with E-state index in [1.807, 2.05) is 0 Å². The predicted octanol–water partition coefficient (Wildman–Crippen LogP) is 3.09. The van der Waals surface area contributed by atoms with Gasteiger partial charge in [-0.15, -0.1) is 0 Å². The molecule has 0 bridgehead atoms. The number of methoxy groups -OCH3 is 1. The van der Waals surface area contributed by atoms with Crippen molar-refractivity contribution in [2.24, 2.45) is 0 Å². The van der Waals surface area contributed by atoms with Gasteiger partial charge in [-0.25, -0.2) is 23.1 Å². The van der Waals surface area contributed by atoms with Gasteiger partial charge in [0.15, 0.2) is 5.78 Å². The smallest absolute Gasteiger partial charge is 0.264 e. The highest BCUT2D eigenvalue weighted by atomic mass is 32.2. The minimum absolute atomic E-state index is 0.00493. The second-order valence-electron chi connectivity index (χ2n) is 5.77. The van der Waals surface area contributed by atoms with Crippen LogP contribution in [0.2, 0.25) is 0 Å². The lowest BCUT2D eigenvalue weighted by molar-refractivity contribution is 0.104. The maximum atomic E-state index is 12.3. The van der Waals surface area contributed by atoms with Crippen molar-refractivity contribution in [1.82, 2.24) is 9.97 Å². The van der Waals surface area contributed by atoms with Gasteiger partial charge in [0.1, 0.15) is 5.75 Å². The summed E-state index contributed by atoms with van der Waals surface area (Å²) in [6, 6.07) is 14.4. The van der Waals surface area contributed by atoms with Gasteiger partial charge < -0.3 is 10.1 Å². The quantitative estimate of drug-likeness (QED) is 0.434. The third-order valence-corrected chi connectivity index (χ3v) is 5.16. The number of carbonyl (C=O) groups excluding carboxylic acids is 1. The second-order valence-corrected chi connectivity index (χ2v) is 7.46. The fourth-order valence-electron chi connectivity index (χ4n) is 2.33. The van der Waals surface area contributed by atoms with Gasteiger partial charge in [0, 0.05) is 35.9 Å². The van der Waals surface area contributed by atoms with Crippen LogP contribution in [0.15, 0.2) is 84.2 Å². The summed E-state index contributed by atoms with van der Waals surface area (Å²) in [5.41, 5.74) is 1.15. The van der Waals surface area contributed by atoms with Crippen LogP contribution >= 0.6 is 0 Å². The molecule has 3 aromatic rings. The first-order valence-corrected chi connectivity index (χ1v) is 9.97. The average molecular weight is 410 g/mol. The Labute approximate surface area is 168 Å². The highest BCUT2D eigenvalue weighted by Crippen LogP contribution is 2.16. The summed E-state index contributed by atoms with van der Waals surface area (Å²) >= 11 is 0. The summed E-state index contributed by atoms with van der Waals surface area (Å²) in [7, 11) is -2.23. The molecule has 0 aliphatic rings. The molecule has 0 saturated carbocycles. The predicted molar refractivity (Wildman–Crippen MR) is 109 cm³/mol. The maximum absolute atomic E-state index is 12.3. The van der Waals surface area contributed by atoms with Crippen LogP contribution < -0.4 is 14.8 Å². The van der Waals surface area contributed by atoms with Crippen LogP contribution in [0.4, 0.5) is 11.6 Å². The van der Waals surface area contributed by atoms with E-state index in [1.165, 1.54) is 36.8 Å². The standard InChI is InChI=1S/C20H18N4O4S/c1-28-17-7-3-15(4-8-17)19(25)11-14-21-16-5-9-18(10-6-16)29(26,27)24-20-22-12-2-13-23-20/h2-14,21H,1H3,(H,22,23,24)/b14-11+. The minimum Gasteiger partial charge on any atom is -0.497 e. The van der Waals surface area contributed by atoms with Crippen molar-refractivity contribution in [1.29, 1.82) is 0 Å². The van der Waals surface area contributed by atoms with Crippen LogP contribution in [0.3, 0.4) is 0 Å². The highest BCUT2D eigenvalue weighted by Gasteiger charge is 2.15. The van der Waals surface area contributed by atoms with Gasteiger partial charge in [0.05, 0.1) is 12.0 Å². The van der Waals surface area contributed by atoms with Gasteiger partial charge in [-0.1, -0.05) is 0 Å². The van der Waals surface area contributed by atoms with Crippen molar-refractivity contribution < 1.29 is 17.9 Å². The molecule has 8 nitrogen and oxygen atoms in total. The van der Waals surface area contributed by atoms with Crippen LogP contribution in [0.25, 0.3) is 0 Å². The zero-order valence-corrected chi connectivity index (χ0v) is 16.3. The number of ketones is 1. The first-order chi connectivity index (χ1) is 14.0. The Hall–Kier alpha value is -3.72. The molecule has 3 rings (SSSR count). The molecule has 29 heavy (non-hydrogen) atoms. The summed E-state index contributed by atoms with van der Waals surface area (Å²) in [6.45, 7) is 0. The van der Waals surface area contributed by atoms with Crippen LogP contribution in [0.1, 0.15) is 10.4 Å². The zero-order valence-electron chi connectivity index (χ0n) is 15.4. The Morgan fingerprint density at radius 2 is 1.66 bits per heavy atom. The molecule has 1 aromatic heterocycles. The molecule has 0 radical (unpaired) electrons. The summed E-state index contributed by atoms with van der Waals surface area (Å²) in [4.78, 5) is 19.9.